The lowest BCUT2D eigenvalue weighted by Crippen LogP contribution is -2.17. The van der Waals surface area contributed by atoms with Crippen molar-refractivity contribution >= 4 is 32.5 Å². The summed E-state index contributed by atoms with van der Waals surface area (Å²) in [6.07, 6.45) is -0.150. The Labute approximate surface area is 180 Å². The molecule has 0 saturated heterocycles. The van der Waals surface area contributed by atoms with Crippen molar-refractivity contribution in [3.8, 4) is 17.1 Å². The molecule has 0 aliphatic carbocycles. The zero-order valence-corrected chi connectivity index (χ0v) is 17.6. The average molecular weight is 436 g/mol. The van der Waals surface area contributed by atoms with Crippen molar-refractivity contribution in [2.45, 2.75) is 11.3 Å². The maximum absolute atomic E-state index is 12.5. The van der Waals surface area contributed by atoms with E-state index in [0.29, 0.717) is 17.3 Å². The molecule has 8 heteroatoms. The van der Waals surface area contributed by atoms with Crippen LogP contribution in [0, 0.1) is 0 Å². The molecule has 0 radical (unpaired) electrons. The van der Waals surface area contributed by atoms with Crippen LogP contribution in [0.25, 0.3) is 22.4 Å². The van der Waals surface area contributed by atoms with Crippen LogP contribution in [0.2, 0.25) is 0 Å². The van der Waals surface area contributed by atoms with Crippen molar-refractivity contribution in [3.05, 3.63) is 72.8 Å². The normalized spacial score (nSPS) is 11.4. The summed E-state index contributed by atoms with van der Waals surface area (Å²) in [7, 11) is -2.06. The fourth-order valence-corrected chi connectivity index (χ4v) is 4.43. The van der Waals surface area contributed by atoms with Gasteiger partial charge in [-0.05, 0) is 48.5 Å². The number of aromatic amines is 1. The van der Waals surface area contributed by atoms with Gasteiger partial charge in [-0.2, -0.15) is 0 Å². The molecule has 0 unspecified atom stereocenters. The highest BCUT2D eigenvalue weighted by Gasteiger charge is 2.17. The molecular formula is C23H21N3O4S. The Morgan fingerprint density at radius 2 is 1.81 bits per heavy atom. The smallest absolute Gasteiger partial charge is 0.225 e. The highest BCUT2D eigenvalue weighted by Crippen LogP contribution is 2.23. The second kappa shape index (κ2) is 8.61. The molecular weight excluding hydrogens is 414 g/mol. The van der Waals surface area contributed by atoms with Gasteiger partial charge in [0.1, 0.15) is 11.6 Å². The third-order valence-corrected chi connectivity index (χ3v) is 6.56. The fraction of sp³-hybridized carbons (Fsp3) is 0.130. The molecule has 7 nitrogen and oxygen atoms in total. The molecule has 4 aromatic rings. The molecule has 0 fully saturated rings. The van der Waals surface area contributed by atoms with Crippen molar-refractivity contribution in [1.29, 1.82) is 0 Å². The van der Waals surface area contributed by atoms with E-state index in [2.05, 4.69) is 15.3 Å². The first-order chi connectivity index (χ1) is 14.9. The number of H-pyrrole nitrogens is 1. The highest BCUT2D eigenvalue weighted by atomic mass is 32.2. The number of carbonyl (C=O) groups is 1. The lowest BCUT2D eigenvalue weighted by atomic mass is 10.2. The number of hydrogen-bond acceptors (Lipinski definition) is 5. The first-order valence-electron chi connectivity index (χ1n) is 9.66. The van der Waals surface area contributed by atoms with Gasteiger partial charge in [-0.25, -0.2) is 13.4 Å². The Morgan fingerprint density at radius 1 is 1.03 bits per heavy atom. The van der Waals surface area contributed by atoms with E-state index in [0.717, 1.165) is 16.6 Å². The molecule has 158 valence electrons. The summed E-state index contributed by atoms with van der Waals surface area (Å²) < 4.78 is 30.0. The van der Waals surface area contributed by atoms with Crippen molar-refractivity contribution in [1.82, 2.24) is 9.97 Å². The summed E-state index contributed by atoms with van der Waals surface area (Å²) in [5.41, 5.74) is 3.18. The minimum Gasteiger partial charge on any atom is -0.497 e. The number of sulfone groups is 1. The van der Waals surface area contributed by atoms with Crippen LogP contribution in [-0.2, 0) is 14.6 Å². The number of aromatic nitrogens is 2. The zero-order chi connectivity index (χ0) is 21.8. The van der Waals surface area contributed by atoms with Gasteiger partial charge in [0, 0.05) is 17.7 Å². The molecule has 0 saturated carbocycles. The number of methoxy groups -OCH3 is 1. The van der Waals surface area contributed by atoms with E-state index in [1.54, 1.807) is 24.3 Å². The Hall–Kier alpha value is -3.65. The highest BCUT2D eigenvalue weighted by molar-refractivity contribution is 7.91. The molecule has 0 aliphatic heterocycles. The number of nitrogens with zero attached hydrogens (tertiary/aromatic N) is 1. The van der Waals surface area contributed by atoms with Crippen LogP contribution in [0.1, 0.15) is 6.42 Å². The van der Waals surface area contributed by atoms with Crippen molar-refractivity contribution in [2.24, 2.45) is 0 Å². The Kier molecular flexibility index (Phi) is 5.73. The van der Waals surface area contributed by atoms with Crippen LogP contribution in [0.15, 0.2) is 77.7 Å². The molecule has 31 heavy (non-hydrogen) atoms. The van der Waals surface area contributed by atoms with Crippen molar-refractivity contribution in [2.75, 3.05) is 18.2 Å². The topological polar surface area (TPSA) is 101 Å². The summed E-state index contributed by atoms with van der Waals surface area (Å²) in [6.45, 7) is 0. The number of imidazole rings is 1. The van der Waals surface area contributed by atoms with Gasteiger partial charge in [0.25, 0.3) is 0 Å². The number of fused-ring (bicyclic) bond motifs is 1. The second-order valence-electron chi connectivity index (χ2n) is 6.98. The third-order valence-electron chi connectivity index (χ3n) is 4.83. The number of amides is 1. The zero-order valence-electron chi connectivity index (χ0n) is 16.8. The number of ether oxygens (including phenoxy) is 1. The molecule has 0 atom stereocenters. The van der Waals surface area contributed by atoms with Gasteiger partial charge in [-0.15, -0.1) is 0 Å². The van der Waals surface area contributed by atoms with Crippen LogP contribution in [-0.4, -0.2) is 37.2 Å². The lowest BCUT2D eigenvalue weighted by Gasteiger charge is -2.08. The number of benzene rings is 3. The number of nitrogens with one attached hydrogen (secondary N) is 2. The lowest BCUT2D eigenvalue weighted by molar-refractivity contribution is -0.115. The van der Waals surface area contributed by atoms with Crippen molar-refractivity contribution < 1.29 is 17.9 Å². The SMILES string of the molecule is COc1ccc(S(=O)(=O)CCC(=O)Nc2cccc(-c3nc4ccccc4[nH]3)c2)cc1. The standard InChI is InChI=1S/C23H21N3O4S/c1-30-18-9-11-19(12-10-18)31(28,29)14-13-22(27)24-17-6-4-5-16(15-17)23-25-20-7-2-3-8-21(20)26-23/h2-12,15H,13-14H2,1H3,(H,24,27)(H,25,26). The Balaban J connectivity index is 1.42. The van der Waals surface area contributed by atoms with Gasteiger partial charge in [-0.3, -0.25) is 4.79 Å². The number of para-hydroxylation sites is 2. The van der Waals surface area contributed by atoms with Crippen LogP contribution >= 0.6 is 0 Å². The van der Waals surface area contributed by atoms with Crippen LogP contribution in [0.4, 0.5) is 5.69 Å². The van der Waals surface area contributed by atoms with Gasteiger partial charge < -0.3 is 15.0 Å². The second-order valence-corrected chi connectivity index (χ2v) is 9.09. The van der Waals surface area contributed by atoms with E-state index < -0.39 is 9.84 Å². The van der Waals surface area contributed by atoms with Gasteiger partial charge in [0.05, 0.1) is 28.8 Å². The largest absolute Gasteiger partial charge is 0.497 e. The third kappa shape index (κ3) is 4.75. The van der Waals surface area contributed by atoms with E-state index in [-0.39, 0.29) is 23.0 Å². The number of hydrogen-bond donors (Lipinski definition) is 2. The molecule has 4 rings (SSSR count). The Bertz CT molecular complexity index is 1300. The van der Waals surface area contributed by atoms with E-state index >= 15 is 0 Å². The molecule has 0 spiro atoms. The maximum Gasteiger partial charge on any atom is 0.225 e. The van der Waals surface area contributed by atoms with Crippen molar-refractivity contribution in [3.63, 3.8) is 0 Å². The predicted molar refractivity (Wildman–Crippen MR) is 120 cm³/mol. The van der Waals surface area contributed by atoms with Gasteiger partial charge in [-0.1, -0.05) is 24.3 Å². The van der Waals surface area contributed by atoms with Crippen LogP contribution in [0.5, 0.6) is 5.75 Å². The van der Waals surface area contributed by atoms with Crippen LogP contribution in [0.3, 0.4) is 0 Å². The van der Waals surface area contributed by atoms with Gasteiger partial charge >= 0.3 is 0 Å². The van der Waals surface area contributed by atoms with Crippen LogP contribution < -0.4 is 10.1 Å². The minimum atomic E-state index is -3.57. The molecule has 3 aromatic carbocycles. The fourth-order valence-electron chi connectivity index (χ4n) is 3.19. The summed E-state index contributed by atoms with van der Waals surface area (Å²) in [4.78, 5) is 20.3. The summed E-state index contributed by atoms with van der Waals surface area (Å²) >= 11 is 0. The summed E-state index contributed by atoms with van der Waals surface area (Å²) in [6, 6.07) is 21.1. The molecule has 2 N–H and O–H groups in total. The first kappa shape index (κ1) is 20.6. The number of anilines is 1. The maximum atomic E-state index is 12.5. The first-order valence-corrected chi connectivity index (χ1v) is 11.3. The van der Waals surface area contributed by atoms with E-state index in [9.17, 15) is 13.2 Å². The Morgan fingerprint density at radius 3 is 2.55 bits per heavy atom. The van der Waals surface area contributed by atoms with E-state index in [4.69, 9.17) is 4.74 Å². The number of carbonyl (C=O) groups excluding carboxylic acids is 1. The number of rotatable bonds is 7. The molecule has 0 bridgehead atoms. The summed E-state index contributed by atoms with van der Waals surface area (Å²) in [5, 5.41) is 2.76. The molecule has 1 heterocycles. The quantitative estimate of drug-likeness (QED) is 0.456. The van der Waals surface area contributed by atoms with E-state index in [1.807, 2.05) is 36.4 Å². The summed E-state index contributed by atoms with van der Waals surface area (Å²) in [5.74, 6) is 0.605. The average Bonchev–Trinajstić information content (AvgIpc) is 3.22. The van der Waals surface area contributed by atoms with Gasteiger partial charge in [0.2, 0.25) is 5.91 Å². The molecule has 0 aliphatic rings. The molecule has 1 amide bonds. The predicted octanol–water partition coefficient (Wildman–Crippen LogP) is 4.04. The monoisotopic (exact) mass is 435 g/mol. The minimum absolute atomic E-state index is 0.150. The van der Waals surface area contributed by atoms with E-state index in [1.165, 1.54) is 19.2 Å². The van der Waals surface area contributed by atoms with Gasteiger partial charge in [0.15, 0.2) is 9.84 Å². The molecule has 1 aromatic heterocycles.